The third kappa shape index (κ3) is 6.40. The van der Waals surface area contributed by atoms with Crippen molar-refractivity contribution in [2.75, 3.05) is 26.2 Å². The van der Waals surface area contributed by atoms with Gasteiger partial charge in [-0.05, 0) is 68.5 Å². The minimum Gasteiger partial charge on any atom is -0.487 e. The van der Waals surface area contributed by atoms with Crippen molar-refractivity contribution >= 4 is 27.7 Å². The molecule has 3 aromatic rings. The third-order valence-electron chi connectivity index (χ3n) is 7.86. The van der Waals surface area contributed by atoms with E-state index in [2.05, 4.69) is 21.1 Å². The van der Waals surface area contributed by atoms with E-state index in [1.807, 2.05) is 0 Å². The van der Waals surface area contributed by atoms with Crippen LogP contribution in [0.15, 0.2) is 51.9 Å². The molecule has 7 rings (SSSR count). The van der Waals surface area contributed by atoms with E-state index in [4.69, 9.17) is 14.0 Å². The lowest BCUT2D eigenvalue weighted by Gasteiger charge is -2.21. The Bertz CT molecular complexity index is 1680. The lowest BCUT2D eigenvalue weighted by Crippen LogP contribution is -2.45. The molecule has 0 radical (unpaired) electrons. The Labute approximate surface area is 254 Å². The molecule has 2 atom stereocenters. The molecule has 4 aliphatic rings. The number of rotatable bonds is 5. The van der Waals surface area contributed by atoms with Crippen LogP contribution in [0.3, 0.4) is 0 Å². The molecule has 0 unspecified atom stereocenters. The van der Waals surface area contributed by atoms with Crippen LogP contribution in [0.2, 0.25) is 0 Å². The van der Waals surface area contributed by atoms with Gasteiger partial charge in [-0.3, -0.25) is 14.4 Å². The molecule has 1 saturated heterocycles. The molecular weight excluding hydrogens is 590 g/mol. The first-order valence-electron chi connectivity index (χ1n) is 14.4. The molecule has 4 bridgehead atoms. The number of fused-ring (bicyclic) bond motifs is 7. The summed E-state index contributed by atoms with van der Waals surface area (Å²) in [4.78, 5) is 39.1. The summed E-state index contributed by atoms with van der Waals surface area (Å²) < 4.78 is 45.6. The van der Waals surface area contributed by atoms with Gasteiger partial charge in [0, 0.05) is 30.8 Å². The number of hydrogen-bond donors (Lipinski definition) is 3. The summed E-state index contributed by atoms with van der Waals surface area (Å²) in [6.07, 6.45) is 1.36. The molecule has 13 nitrogen and oxygen atoms in total. The normalized spacial score (nSPS) is 21.0. The van der Waals surface area contributed by atoms with Crippen molar-refractivity contribution in [3.8, 4) is 11.5 Å². The smallest absolute Gasteiger partial charge is 0.258 e. The van der Waals surface area contributed by atoms with Crippen LogP contribution in [0.1, 0.15) is 50.6 Å². The van der Waals surface area contributed by atoms with Crippen LogP contribution in [-0.4, -0.2) is 74.0 Å². The summed E-state index contributed by atoms with van der Waals surface area (Å²) in [5, 5.41) is 12.4. The Balaban J connectivity index is 1.32. The number of nitrogens with one attached hydrogen (secondary N) is 3. The second kappa shape index (κ2) is 11.9. The highest BCUT2D eigenvalue weighted by Gasteiger charge is 2.43. The van der Waals surface area contributed by atoms with Gasteiger partial charge in [-0.1, -0.05) is 17.3 Å². The number of amides is 3. The third-order valence-corrected chi connectivity index (χ3v) is 9.94. The van der Waals surface area contributed by atoms with Gasteiger partial charge >= 0.3 is 0 Å². The van der Waals surface area contributed by atoms with Crippen molar-refractivity contribution in [1.82, 2.24) is 25.4 Å². The summed E-state index contributed by atoms with van der Waals surface area (Å²) in [5.74, 6) is -0.0617. The number of carbonyl (C=O) groups is 3. The van der Waals surface area contributed by atoms with Gasteiger partial charge in [0.2, 0.25) is 10.0 Å². The molecule has 2 aromatic carbocycles. The van der Waals surface area contributed by atoms with Crippen LogP contribution in [0.4, 0.5) is 0 Å². The van der Waals surface area contributed by atoms with Gasteiger partial charge < -0.3 is 29.9 Å². The molecule has 232 valence electrons. The average molecular weight is 624 g/mol. The molecule has 3 N–H and O–H groups in total. The fourth-order valence-electron chi connectivity index (χ4n) is 5.28. The SMILES string of the molecule is Cc1noc(C)c1S(=O)(=O)N1C[C@@H]2NC(=O)c3cc(cc(C(=O)NCC4CC4)c3)OCC(=O)NCc3ccc(cc3)O[C@H]2C1. The monoisotopic (exact) mass is 623 g/mol. The van der Waals surface area contributed by atoms with Gasteiger partial charge in [-0.25, -0.2) is 8.42 Å². The van der Waals surface area contributed by atoms with E-state index in [-0.39, 0.29) is 71.3 Å². The standard InChI is InChI=1S/C30H33N5O8S/c1-17-28(18(2)43-34-17)44(39,40)35-14-25-26(15-35)42-23-7-5-20(6-8-23)12-31-27(36)16-41-24-10-21(9-22(11-24)30(38)33-25)29(37)32-13-19-3-4-19/h5-11,19,25-26H,3-4,12-16H2,1-2H3,(H,31,36)(H,32,37)(H,33,38)/t25-,26-/m0/s1. The van der Waals surface area contributed by atoms with Crippen molar-refractivity contribution in [2.24, 2.45) is 5.92 Å². The first-order valence-corrected chi connectivity index (χ1v) is 15.8. The summed E-state index contributed by atoms with van der Waals surface area (Å²) in [6, 6.07) is 10.6. The van der Waals surface area contributed by atoms with Gasteiger partial charge in [-0.2, -0.15) is 4.31 Å². The molecule has 1 aromatic heterocycles. The number of nitrogens with zero attached hydrogens (tertiary/aromatic N) is 2. The van der Waals surface area contributed by atoms with E-state index >= 15 is 0 Å². The van der Waals surface area contributed by atoms with Crippen molar-refractivity contribution in [3.63, 3.8) is 0 Å². The quantitative estimate of drug-likeness (QED) is 0.383. The highest BCUT2D eigenvalue weighted by Crippen LogP contribution is 2.30. The Morgan fingerprint density at radius 1 is 1.07 bits per heavy atom. The predicted octanol–water partition coefficient (Wildman–Crippen LogP) is 1.69. The van der Waals surface area contributed by atoms with Crippen LogP contribution < -0.4 is 25.4 Å². The topological polar surface area (TPSA) is 169 Å². The molecule has 1 saturated carbocycles. The molecular formula is C30H33N5O8S. The van der Waals surface area contributed by atoms with E-state index in [0.29, 0.717) is 18.2 Å². The zero-order valence-electron chi connectivity index (χ0n) is 24.3. The highest BCUT2D eigenvalue weighted by atomic mass is 32.2. The fourth-order valence-corrected chi connectivity index (χ4v) is 7.05. The van der Waals surface area contributed by atoms with Crippen LogP contribution in [0.25, 0.3) is 0 Å². The van der Waals surface area contributed by atoms with Gasteiger partial charge in [-0.15, -0.1) is 0 Å². The van der Waals surface area contributed by atoms with Crippen molar-refractivity contribution in [2.45, 2.75) is 50.3 Å². The Morgan fingerprint density at radius 2 is 1.84 bits per heavy atom. The second-order valence-corrected chi connectivity index (χ2v) is 13.2. The number of benzene rings is 2. The lowest BCUT2D eigenvalue weighted by molar-refractivity contribution is -0.123. The summed E-state index contributed by atoms with van der Waals surface area (Å²) in [5.41, 5.74) is 1.36. The van der Waals surface area contributed by atoms with Crippen LogP contribution >= 0.6 is 0 Å². The maximum absolute atomic E-state index is 13.7. The van der Waals surface area contributed by atoms with Crippen LogP contribution in [0, 0.1) is 19.8 Å². The maximum Gasteiger partial charge on any atom is 0.258 e. The summed E-state index contributed by atoms with van der Waals surface area (Å²) >= 11 is 0. The zero-order valence-corrected chi connectivity index (χ0v) is 25.1. The summed E-state index contributed by atoms with van der Waals surface area (Å²) in [7, 11) is -4.03. The van der Waals surface area contributed by atoms with Crippen molar-refractivity contribution < 1.29 is 36.8 Å². The van der Waals surface area contributed by atoms with E-state index < -0.39 is 28.1 Å². The number of aromatic nitrogens is 1. The minimum atomic E-state index is -4.03. The number of sulfonamides is 1. The van der Waals surface area contributed by atoms with E-state index in [0.717, 1.165) is 18.4 Å². The Hall–Kier alpha value is -4.43. The van der Waals surface area contributed by atoms with E-state index in [1.165, 1.54) is 29.4 Å². The number of carbonyl (C=O) groups excluding carboxylic acids is 3. The Morgan fingerprint density at radius 3 is 2.55 bits per heavy atom. The molecule has 14 heteroatoms. The van der Waals surface area contributed by atoms with E-state index in [1.54, 1.807) is 31.2 Å². The van der Waals surface area contributed by atoms with Gasteiger partial charge in [0.25, 0.3) is 17.7 Å². The Kier molecular flexibility index (Phi) is 8.03. The highest BCUT2D eigenvalue weighted by molar-refractivity contribution is 7.89. The van der Waals surface area contributed by atoms with Crippen molar-refractivity contribution in [1.29, 1.82) is 0 Å². The van der Waals surface area contributed by atoms with Crippen molar-refractivity contribution in [3.05, 3.63) is 70.6 Å². The number of aryl methyl sites for hydroxylation is 2. The number of hydrogen-bond acceptors (Lipinski definition) is 9. The first kappa shape index (κ1) is 29.6. The molecule has 4 heterocycles. The van der Waals surface area contributed by atoms with E-state index in [9.17, 15) is 22.8 Å². The first-order chi connectivity index (χ1) is 21.1. The van der Waals surface area contributed by atoms with Crippen LogP contribution in [-0.2, 0) is 21.4 Å². The summed E-state index contributed by atoms with van der Waals surface area (Å²) in [6.45, 7) is 3.41. The zero-order chi connectivity index (χ0) is 31.0. The lowest BCUT2D eigenvalue weighted by atomic mass is 10.1. The minimum absolute atomic E-state index is 0.0178. The largest absolute Gasteiger partial charge is 0.487 e. The van der Waals surface area contributed by atoms with Crippen LogP contribution in [0.5, 0.6) is 11.5 Å². The van der Waals surface area contributed by atoms with Gasteiger partial charge in [0.15, 0.2) is 12.4 Å². The van der Waals surface area contributed by atoms with Gasteiger partial charge in [0.05, 0.1) is 12.6 Å². The predicted molar refractivity (Wildman–Crippen MR) is 156 cm³/mol. The molecule has 2 fully saturated rings. The van der Waals surface area contributed by atoms with Gasteiger partial charge in [0.1, 0.15) is 28.2 Å². The molecule has 0 spiro atoms. The maximum atomic E-state index is 13.7. The molecule has 44 heavy (non-hydrogen) atoms. The molecule has 1 aliphatic carbocycles. The number of ether oxygens (including phenoxy) is 2. The fraction of sp³-hybridized carbons (Fsp3) is 0.400. The second-order valence-electron chi connectivity index (χ2n) is 11.3. The molecule has 3 aliphatic heterocycles. The molecule has 3 amide bonds. The average Bonchev–Trinajstić information content (AvgIpc) is 3.66.